The van der Waals surface area contributed by atoms with Crippen LogP contribution in [0.25, 0.3) is 0 Å². The van der Waals surface area contributed by atoms with Crippen LogP contribution in [0, 0.1) is 0 Å². The number of halogens is 1. The molecular weight excluding hydrogens is 308 g/mol. The van der Waals surface area contributed by atoms with Gasteiger partial charge >= 0.3 is 0 Å². The maximum Gasteiger partial charge on any atom is 0.142 e. The Bertz CT molecular complexity index is 501. The van der Waals surface area contributed by atoms with E-state index in [2.05, 4.69) is 31.3 Å². The summed E-state index contributed by atoms with van der Waals surface area (Å²) in [5.41, 5.74) is 1.09. The second-order valence-electron chi connectivity index (χ2n) is 4.10. The van der Waals surface area contributed by atoms with E-state index in [0.717, 1.165) is 41.8 Å². The van der Waals surface area contributed by atoms with Crippen molar-refractivity contribution < 1.29 is 4.74 Å². The minimum Gasteiger partial charge on any atom is -0.495 e. The molecule has 0 saturated heterocycles. The van der Waals surface area contributed by atoms with Crippen LogP contribution in [0.5, 0.6) is 5.75 Å². The highest BCUT2D eigenvalue weighted by Crippen LogP contribution is 2.24. The molecule has 0 aliphatic rings. The van der Waals surface area contributed by atoms with Crippen LogP contribution in [-0.4, -0.2) is 28.4 Å². The normalized spacial score (nSPS) is 10.6. The van der Waals surface area contributed by atoms with Gasteiger partial charge in [-0.1, -0.05) is 0 Å². The maximum atomic E-state index is 5.30. The fourth-order valence-corrected chi connectivity index (χ4v) is 2.26. The highest BCUT2D eigenvalue weighted by molar-refractivity contribution is 9.10. The largest absolute Gasteiger partial charge is 0.495 e. The lowest BCUT2D eigenvalue weighted by Gasteiger charge is -2.11. The van der Waals surface area contributed by atoms with Crippen LogP contribution in [0.2, 0.25) is 0 Å². The zero-order valence-corrected chi connectivity index (χ0v) is 12.4. The number of ether oxygens (including phenoxy) is 1. The van der Waals surface area contributed by atoms with Crippen LogP contribution in [0.15, 0.2) is 35.3 Å². The number of nitrogens with one attached hydrogen (secondary N) is 1. The summed E-state index contributed by atoms with van der Waals surface area (Å²) in [6.45, 7) is 2.61. The Morgan fingerprint density at radius 2 is 2.32 bits per heavy atom. The Labute approximate surface area is 121 Å². The van der Waals surface area contributed by atoms with E-state index in [1.54, 1.807) is 25.7 Å². The van der Waals surface area contributed by atoms with Crippen molar-refractivity contribution in [1.82, 2.24) is 20.1 Å². The number of hydrogen-bond donors (Lipinski definition) is 1. The van der Waals surface area contributed by atoms with Crippen LogP contribution >= 0.6 is 15.9 Å². The van der Waals surface area contributed by atoms with E-state index < -0.39 is 0 Å². The molecule has 2 aromatic rings. The summed E-state index contributed by atoms with van der Waals surface area (Å²) in [4.78, 5) is 4.08. The highest BCUT2D eigenvalue weighted by Gasteiger charge is 2.07. The van der Waals surface area contributed by atoms with Crippen LogP contribution in [0.1, 0.15) is 12.0 Å². The van der Waals surface area contributed by atoms with E-state index in [1.165, 1.54) is 0 Å². The Hall–Kier alpha value is -1.40. The van der Waals surface area contributed by atoms with Crippen LogP contribution in [0.4, 0.5) is 0 Å². The molecule has 0 aliphatic carbocycles. The summed E-state index contributed by atoms with van der Waals surface area (Å²) in [6, 6.07) is 1.94. The SMILES string of the molecule is COc1cncc(Br)c1CNCCCn1cccn1. The van der Waals surface area contributed by atoms with Gasteiger partial charge in [0.2, 0.25) is 0 Å². The minimum absolute atomic E-state index is 0.755. The summed E-state index contributed by atoms with van der Waals surface area (Å²) >= 11 is 3.49. The van der Waals surface area contributed by atoms with Gasteiger partial charge < -0.3 is 10.1 Å². The second-order valence-corrected chi connectivity index (χ2v) is 4.96. The molecule has 0 aliphatic heterocycles. The number of rotatable bonds is 7. The van der Waals surface area contributed by atoms with Gasteiger partial charge in [-0.05, 0) is 35.0 Å². The van der Waals surface area contributed by atoms with E-state index in [1.807, 2.05) is 16.9 Å². The fourth-order valence-electron chi connectivity index (χ4n) is 1.80. The van der Waals surface area contributed by atoms with Gasteiger partial charge in [0.15, 0.2) is 0 Å². The summed E-state index contributed by atoms with van der Waals surface area (Å²) < 4.78 is 8.19. The smallest absolute Gasteiger partial charge is 0.142 e. The molecule has 0 bridgehead atoms. The zero-order valence-electron chi connectivity index (χ0n) is 10.8. The van der Waals surface area contributed by atoms with E-state index in [9.17, 15) is 0 Å². The van der Waals surface area contributed by atoms with Crippen molar-refractivity contribution >= 4 is 15.9 Å². The summed E-state index contributed by atoms with van der Waals surface area (Å²) in [5.74, 6) is 0.800. The van der Waals surface area contributed by atoms with Gasteiger partial charge in [-0.3, -0.25) is 9.67 Å². The van der Waals surface area contributed by atoms with Gasteiger partial charge in [0, 0.05) is 41.7 Å². The molecule has 19 heavy (non-hydrogen) atoms. The van der Waals surface area contributed by atoms with E-state index in [0.29, 0.717) is 0 Å². The third-order valence-electron chi connectivity index (χ3n) is 2.79. The Morgan fingerprint density at radius 3 is 3.05 bits per heavy atom. The third kappa shape index (κ3) is 4.04. The van der Waals surface area contributed by atoms with Gasteiger partial charge in [-0.25, -0.2) is 0 Å². The van der Waals surface area contributed by atoms with Crippen molar-refractivity contribution in [2.75, 3.05) is 13.7 Å². The number of aromatic nitrogens is 3. The fraction of sp³-hybridized carbons (Fsp3) is 0.385. The molecule has 102 valence electrons. The number of hydrogen-bond acceptors (Lipinski definition) is 4. The number of pyridine rings is 1. The third-order valence-corrected chi connectivity index (χ3v) is 3.47. The Kier molecular flexibility index (Phi) is 5.35. The van der Waals surface area contributed by atoms with Crippen LogP contribution in [-0.2, 0) is 13.1 Å². The zero-order chi connectivity index (χ0) is 13.5. The van der Waals surface area contributed by atoms with Crippen LogP contribution in [0.3, 0.4) is 0 Å². The molecule has 6 heteroatoms. The van der Waals surface area contributed by atoms with E-state index in [4.69, 9.17) is 4.74 Å². The monoisotopic (exact) mass is 324 g/mol. The Morgan fingerprint density at radius 1 is 1.42 bits per heavy atom. The van der Waals surface area contributed by atoms with Gasteiger partial charge in [0.05, 0.1) is 13.3 Å². The van der Waals surface area contributed by atoms with Crippen molar-refractivity contribution in [3.63, 3.8) is 0 Å². The molecular formula is C13H17BrN4O. The highest BCUT2D eigenvalue weighted by atomic mass is 79.9. The molecule has 0 amide bonds. The first kappa shape index (κ1) is 14.0. The van der Waals surface area contributed by atoms with Gasteiger partial charge in [0.1, 0.15) is 5.75 Å². The quantitative estimate of drug-likeness (QED) is 0.793. The van der Waals surface area contributed by atoms with Crippen molar-refractivity contribution in [2.45, 2.75) is 19.5 Å². The standard InChI is InChI=1S/C13H17BrN4O/c1-19-13-10-16-9-12(14)11(13)8-15-4-2-6-18-7-3-5-17-18/h3,5,7,9-10,15H,2,4,6,8H2,1H3. The average molecular weight is 325 g/mol. The minimum atomic E-state index is 0.755. The summed E-state index contributed by atoms with van der Waals surface area (Å²) in [7, 11) is 1.66. The molecule has 0 unspecified atom stereocenters. The van der Waals surface area contributed by atoms with Crippen molar-refractivity contribution in [2.24, 2.45) is 0 Å². The van der Waals surface area contributed by atoms with Crippen molar-refractivity contribution in [1.29, 1.82) is 0 Å². The summed E-state index contributed by atoms with van der Waals surface area (Å²) in [5, 5.41) is 7.57. The number of aryl methyl sites for hydroxylation is 1. The maximum absolute atomic E-state index is 5.30. The van der Waals surface area contributed by atoms with Crippen molar-refractivity contribution in [3.05, 3.63) is 40.9 Å². The lowest BCUT2D eigenvalue weighted by molar-refractivity contribution is 0.404. The van der Waals surface area contributed by atoms with Gasteiger partial charge in [0.25, 0.3) is 0 Å². The van der Waals surface area contributed by atoms with E-state index in [-0.39, 0.29) is 0 Å². The molecule has 2 rings (SSSR count). The molecule has 0 atom stereocenters. The lowest BCUT2D eigenvalue weighted by Crippen LogP contribution is -2.17. The first-order chi connectivity index (χ1) is 9.31. The predicted molar refractivity (Wildman–Crippen MR) is 77.0 cm³/mol. The van der Waals surface area contributed by atoms with Gasteiger partial charge in [-0.15, -0.1) is 0 Å². The van der Waals surface area contributed by atoms with Crippen molar-refractivity contribution in [3.8, 4) is 5.75 Å². The first-order valence-electron chi connectivity index (χ1n) is 6.16. The number of nitrogens with zero attached hydrogens (tertiary/aromatic N) is 3. The Balaban J connectivity index is 1.76. The lowest BCUT2D eigenvalue weighted by atomic mass is 10.2. The summed E-state index contributed by atoms with van der Waals surface area (Å²) in [6.07, 6.45) is 8.32. The molecule has 0 aromatic carbocycles. The van der Waals surface area contributed by atoms with Gasteiger partial charge in [-0.2, -0.15) is 5.10 Å². The topological polar surface area (TPSA) is 52.0 Å². The average Bonchev–Trinajstić information content (AvgIpc) is 2.93. The van der Waals surface area contributed by atoms with E-state index >= 15 is 0 Å². The molecule has 5 nitrogen and oxygen atoms in total. The van der Waals surface area contributed by atoms with Crippen LogP contribution < -0.4 is 10.1 Å². The molecule has 0 saturated carbocycles. The molecule has 2 aromatic heterocycles. The molecule has 1 N–H and O–H groups in total. The predicted octanol–water partition coefficient (Wildman–Crippen LogP) is 2.23. The second kappa shape index (κ2) is 7.25. The molecule has 2 heterocycles. The molecule has 0 fully saturated rings. The first-order valence-corrected chi connectivity index (χ1v) is 6.95. The molecule has 0 radical (unpaired) electrons. The number of methoxy groups -OCH3 is 1. The molecule has 0 spiro atoms.